The van der Waals surface area contributed by atoms with Gasteiger partial charge in [-0.3, -0.25) is 19.4 Å². The zero-order chi connectivity index (χ0) is 29.0. The van der Waals surface area contributed by atoms with Crippen molar-refractivity contribution in [2.24, 2.45) is 0 Å². The summed E-state index contributed by atoms with van der Waals surface area (Å²) in [6, 6.07) is 24.3. The number of rotatable bonds is 11. The summed E-state index contributed by atoms with van der Waals surface area (Å²) in [6.07, 6.45) is 4.75. The van der Waals surface area contributed by atoms with Gasteiger partial charge >= 0.3 is 0 Å². The molecule has 10 heteroatoms. The minimum absolute atomic E-state index is 0.0108. The molecule has 1 heterocycles. The second-order valence-electron chi connectivity index (χ2n) is 8.51. The molecule has 0 unspecified atom stereocenters. The van der Waals surface area contributed by atoms with E-state index in [-0.39, 0.29) is 17.4 Å². The lowest BCUT2D eigenvalue weighted by Gasteiger charge is -2.14. The van der Waals surface area contributed by atoms with E-state index in [1.54, 1.807) is 97.3 Å². The van der Waals surface area contributed by atoms with Crippen LogP contribution in [0.1, 0.15) is 15.9 Å². The van der Waals surface area contributed by atoms with Gasteiger partial charge in [-0.05, 0) is 60.7 Å². The number of hydrogen-bond donors (Lipinski definition) is 3. The van der Waals surface area contributed by atoms with Crippen molar-refractivity contribution >= 4 is 46.9 Å². The van der Waals surface area contributed by atoms with Gasteiger partial charge in [0.25, 0.3) is 11.8 Å². The lowest BCUT2D eigenvalue weighted by molar-refractivity contribution is -0.114. The van der Waals surface area contributed by atoms with Crippen molar-refractivity contribution in [3.05, 3.63) is 114 Å². The van der Waals surface area contributed by atoms with Crippen molar-refractivity contribution in [3.63, 3.8) is 0 Å². The van der Waals surface area contributed by atoms with Crippen LogP contribution in [-0.4, -0.2) is 42.7 Å². The summed E-state index contributed by atoms with van der Waals surface area (Å²) in [4.78, 5) is 43.3. The molecule has 0 aliphatic carbocycles. The molecule has 0 saturated carbocycles. The molecule has 1 aromatic heterocycles. The fraction of sp³-hybridized carbons (Fsp3) is 0.0968. The normalized spacial score (nSPS) is 10.8. The Hall–Kier alpha value is -5.09. The zero-order valence-corrected chi connectivity index (χ0v) is 23.2. The summed E-state index contributed by atoms with van der Waals surface area (Å²) in [7, 11) is 3.02. The van der Waals surface area contributed by atoms with E-state index in [9.17, 15) is 14.4 Å². The van der Waals surface area contributed by atoms with Gasteiger partial charge in [0, 0.05) is 39.8 Å². The number of benzene rings is 3. The molecule has 208 valence electrons. The first-order valence-electron chi connectivity index (χ1n) is 12.5. The number of ether oxygens (including phenoxy) is 2. The molecular weight excluding hydrogens is 540 g/mol. The summed E-state index contributed by atoms with van der Waals surface area (Å²) in [5.41, 5.74) is 2.15. The van der Waals surface area contributed by atoms with Crippen molar-refractivity contribution in [1.82, 2.24) is 10.3 Å². The van der Waals surface area contributed by atoms with Crippen LogP contribution in [0, 0.1) is 0 Å². The molecule has 0 fully saturated rings. The van der Waals surface area contributed by atoms with Crippen molar-refractivity contribution < 1.29 is 23.9 Å². The molecule has 0 radical (unpaired) electrons. The third kappa shape index (κ3) is 8.20. The Bertz CT molecular complexity index is 1530. The summed E-state index contributed by atoms with van der Waals surface area (Å²) >= 11 is 1.36. The molecule has 0 saturated heterocycles. The Kier molecular flexibility index (Phi) is 10.1. The van der Waals surface area contributed by atoms with Gasteiger partial charge in [-0.25, -0.2) is 0 Å². The highest BCUT2D eigenvalue weighted by Crippen LogP contribution is 2.32. The molecule has 0 atom stereocenters. The fourth-order valence-corrected chi connectivity index (χ4v) is 4.44. The summed E-state index contributed by atoms with van der Waals surface area (Å²) < 4.78 is 10.9. The third-order valence-corrected chi connectivity index (χ3v) is 6.72. The van der Waals surface area contributed by atoms with E-state index >= 15 is 0 Å². The lowest BCUT2D eigenvalue weighted by atomic mass is 10.1. The first kappa shape index (κ1) is 28.9. The fourth-order valence-electron chi connectivity index (χ4n) is 3.74. The van der Waals surface area contributed by atoms with Crippen LogP contribution in [0.4, 0.5) is 11.4 Å². The average Bonchev–Trinajstić information content (AvgIpc) is 3.01. The second-order valence-corrected chi connectivity index (χ2v) is 9.56. The van der Waals surface area contributed by atoms with Crippen LogP contribution in [0.3, 0.4) is 0 Å². The molecular formula is C31H28N4O5S. The van der Waals surface area contributed by atoms with Crippen LogP contribution >= 0.6 is 11.8 Å². The molecule has 4 rings (SSSR count). The van der Waals surface area contributed by atoms with E-state index in [1.807, 2.05) is 0 Å². The third-order valence-electron chi connectivity index (χ3n) is 5.71. The first-order chi connectivity index (χ1) is 20.0. The van der Waals surface area contributed by atoms with Gasteiger partial charge in [0.2, 0.25) is 5.91 Å². The Morgan fingerprint density at radius 2 is 1.51 bits per heavy atom. The number of pyridine rings is 1. The van der Waals surface area contributed by atoms with Crippen molar-refractivity contribution in [3.8, 4) is 11.5 Å². The number of para-hydroxylation sites is 1. The standard InChI is InChI=1S/C31H28N4O5S/c1-39-27-10-6-9-22(29(27)40-2)19-26(35-30(37)21-7-4-3-5-8-21)31(38)34-23-11-13-25(14-12-23)41-20-28(36)33-24-15-17-32-18-16-24/h3-19H,20H2,1-2H3,(H,34,38)(H,35,37)(H,32,33,36)/b26-19-. The van der Waals surface area contributed by atoms with Crippen molar-refractivity contribution in [1.29, 1.82) is 0 Å². The largest absolute Gasteiger partial charge is 0.493 e. The van der Waals surface area contributed by atoms with Gasteiger partial charge in [-0.15, -0.1) is 11.8 Å². The molecule has 3 amide bonds. The van der Waals surface area contributed by atoms with E-state index in [0.29, 0.717) is 34.0 Å². The minimum Gasteiger partial charge on any atom is -0.493 e. The number of anilines is 2. The van der Waals surface area contributed by atoms with Crippen LogP contribution in [0.15, 0.2) is 108 Å². The zero-order valence-electron chi connectivity index (χ0n) is 22.4. The quantitative estimate of drug-likeness (QED) is 0.167. The summed E-state index contributed by atoms with van der Waals surface area (Å²) in [5, 5.41) is 8.35. The van der Waals surface area contributed by atoms with Crippen molar-refractivity contribution in [2.75, 3.05) is 30.6 Å². The SMILES string of the molecule is COc1cccc(/C=C(\NC(=O)c2ccccc2)C(=O)Nc2ccc(SCC(=O)Nc3ccncc3)cc2)c1OC. The van der Waals surface area contributed by atoms with E-state index in [1.165, 1.54) is 32.1 Å². The highest BCUT2D eigenvalue weighted by atomic mass is 32.2. The second kappa shape index (κ2) is 14.3. The Balaban J connectivity index is 1.48. The Labute approximate surface area is 242 Å². The van der Waals surface area contributed by atoms with Crippen LogP contribution in [0.25, 0.3) is 6.08 Å². The molecule has 0 aliphatic rings. The predicted molar refractivity (Wildman–Crippen MR) is 160 cm³/mol. The Morgan fingerprint density at radius 3 is 2.20 bits per heavy atom. The number of nitrogens with zero attached hydrogens (tertiary/aromatic N) is 1. The van der Waals surface area contributed by atoms with Crippen LogP contribution < -0.4 is 25.4 Å². The van der Waals surface area contributed by atoms with Gasteiger partial charge in [-0.2, -0.15) is 0 Å². The van der Waals surface area contributed by atoms with Gasteiger partial charge in [0.15, 0.2) is 11.5 Å². The van der Waals surface area contributed by atoms with Gasteiger partial charge < -0.3 is 25.4 Å². The maximum Gasteiger partial charge on any atom is 0.272 e. The number of aromatic nitrogens is 1. The van der Waals surface area contributed by atoms with Crippen LogP contribution in [0.5, 0.6) is 11.5 Å². The molecule has 0 bridgehead atoms. The van der Waals surface area contributed by atoms with Gasteiger partial charge in [0.05, 0.1) is 20.0 Å². The number of carbonyl (C=O) groups excluding carboxylic acids is 3. The minimum atomic E-state index is -0.531. The van der Waals surface area contributed by atoms with Crippen molar-refractivity contribution in [2.45, 2.75) is 4.90 Å². The first-order valence-corrected chi connectivity index (χ1v) is 13.5. The molecule has 41 heavy (non-hydrogen) atoms. The molecule has 3 N–H and O–H groups in total. The summed E-state index contributed by atoms with van der Waals surface area (Å²) in [5.74, 6) is 0.00778. The van der Waals surface area contributed by atoms with Gasteiger partial charge in [-0.1, -0.05) is 30.3 Å². The predicted octanol–water partition coefficient (Wildman–Crippen LogP) is 5.24. The van der Waals surface area contributed by atoms with E-state index in [0.717, 1.165) is 4.90 Å². The van der Waals surface area contributed by atoms with E-state index < -0.39 is 11.8 Å². The highest BCUT2D eigenvalue weighted by Gasteiger charge is 2.17. The average molecular weight is 569 g/mol. The molecule has 3 aromatic carbocycles. The molecule has 4 aromatic rings. The molecule has 0 spiro atoms. The Morgan fingerprint density at radius 1 is 0.805 bits per heavy atom. The summed E-state index contributed by atoms with van der Waals surface area (Å²) in [6.45, 7) is 0. The maximum absolute atomic E-state index is 13.4. The molecule has 9 nitrogen and oxygen atoms in total. The number of methoxy groups -OCH3 is 2. The monoisotopic (exact) mass is 568 g/mol. The number of thioether (sulfide) groups is 1. The van der Waals surface area contributed by atoms with E-state index in [4.69, 9.17) is 9.47 Å². The molecule has 0 aliphatic heterocycles. The van der Waals surface area contributed by atoms with Crippen LogP contribution in [0.2, 0.25) is 0 Å². The number of nitrogens with one attached hydrogen (secondary N) is 3. The topological polar surface area (TPSA) is 119 Å². The maximum atomic E-state index is 13.4. The number of carbonyl (C=O) groups is 3. The van der Waals surface area contributed by atoms with Gasteiger partial charge in [0.1, 0.15) is 5.70 Å². The van der Waals surface area contributed by atoms with Crippen LogP contribution in [-0.2, 0) is 9.59 Å². The number of amides is 3. The highest BCUT2D eigenvalue weighted by molar-refractivity contribution is 8.00. The van der Waals surface area contributed by atoms with E-state index in [2.05, 4.69) is 20.9 Å². The number of hydrogen-bond acceptors (Lipinski definition) is 7. The smallest absolute Gasteiger partial charge is 0.272 e. The lowest BCUT2D eigenvalue weighted by Crippen LogP contribution is -2.30.